The van der Waals surface area contributed by atoms with Crippen molar-refractivity contribution in [2.75, 3.05) is 19.7 Å². The Bertz CT molecular complexity index is 1020. The molecule has 1 aliphatic rings. The minimum atomic E-state index is -0.0896. The van der Waals surface area contributed by atoms with Gasteiger partial charge in [0.2, 0.25) is 5.88 Å². The fourth-order valence-electron chi connectivity index (χ4n) is 3.59. The summed E-state index contributed by atoms with van der Waals surface area (Å²) in [4.78, 5) is 22.8. The Morgan fingerprint density at radius 3 is 2.50 bits per heavy atom. The van der Waals surface area contributed by atoms with Crippen LogP contribution in [0.5, 0.6) is 5.88 Å². The van der Waals surface area contributed by atoms with E-state index in [-0.39, 0.29) is 5.91 Å². The first kappa shape index (κ1) is 19.9. The highest BCUT2D eigenvalue weighted by Gasteiger charge is 2.25. The lowest BCUT2D eigenvalue weighted by atomic mass is 9.97. The van der Waals surface area contributed by atoms with E-state index in [0.717, 1.165) is 29.9 Å². The van der Waals surface area contributed by atoms with Crippen LogP contribution in [0.15, 0.2) is 30.6 Å². The zero-order valence-corrected chi connectivity index (χ0v) is 17.4. The molecule has 1 aliphatic heterocycles. The van der Waals surface area contributed by atoms with Crippen LogP contribution in [-0.2, 0) is 0 Å². The fraction of sp³-hybridized carbons (Fsp3) is 0.429. The van der Waals surface area contributed by atoms with Gasteiger partial charge >= 0.3 is 0 Å². The quantitative estimate of drug-likeness (QED) is 0.640. The summed E-state index contributed by atoms with van der Waals surface area (Å²) in [7, 11) is 0. The van der Waals surface area contributed by atoms with Crippen LogP contribution in [-0.4, -0.2) is 60.4 Å². The fourth-order valence-corrected chi connectivity index (χ4v) is 3.59. The number of rotatable bonds is 5. The number of likely N-dealkylation sites (tertiary alicyclic amines) is 1. The molecular weight excluding hydrogens is 382 g/mol. The zero-order valence-electron chi connectivity index (χ0n) is 17.4. The van der Waals surface area contributed by atoms with Crippen molar-refractivity contribution in [2.45, 2.75) is 33.6 Å². The molecule has 9 heteroatoms. The molecule has 4 heterocycles. The van der Waals surface area contributed by atoms with Gasteiger partial charge in [0.15, 0.2) is 11.5 Å². The monoisotopic (exact) mass is 407 g/mol. The minimum Gasteiger partial charge on any atom is -0.477 e. The third-order valence-corrected chi connectivity index (χ3v) is 5.24. The number of aryl methyl sites for hydroxylation is 3. The Kier molecular flexibility index (Phi) is 5.69. The van der Waals surface area contributed by atoms with Crippen LogP contribution < -0.4 is 4.74 Å². The van der Waals surface area contributed by atoms with Crippen LogP contribution in [0.25, 0.3) is 5.82 Å². The summed E-state index contributed by atoms with van der Waals surface area (Å²) >= 11 is 0. The number of hydrogen-bond donors (Lipinski definition) is 0. The van der Waals surface area contributed by atoms with Crippen molar-refractivity contribution in [3.8, 4) is 11.7 Å². The largest absolute Gasteiger partial charge is 0.477 e. The molecule has 4 rings (SSSR count). The topological polar surface area (TPSA) is 98.9 Å². The highest BCUT2D eigenvalue weighted by molar-refractivity contribution is 5.92. The van der Waals surface area contributed by atoms with E-state index in [9.17, 15) is 4.79 Å². The molecule has 156 valence electrons. The first-order chi connectivity index (χ1) is 14.5. The molecule has 0 atom stereocenters. The van der Waals surface area contributed by atoms with E-state index in [4.69, 9.17) is 4.74 Å². The normalized spacial score (nSPS) is 14.7. The van der Waals surface area contributed by atoms with Crippen molar-refractivity contribution in [1.82, 2.24) is 34.8 Å². The molecule has 0 aromatic carbocycles. The standard InChI is InChI=1S/C21H25N7O2/c1-14-11-20(23-13-22-14)30-12-17-6-8-27(9-7-17)21(29)18-4-5-19(25-24-18)28-16(3)10-15(2)26-28/h4-5,10-11,13,17H,6-9,12H2,1-3H3. The first-order valence-corrected chi connectivity index (χ1v) is 10.1. The van der Waals surface area contributed by atoms with Crippen LogP contribution in [0, 0.1) is 26.7 Å². The van der Waals surface area contributed by atoms with Crippen molar-refractivity contribution in [3.63, 3.8) is 0 Å². The van der Waals surface area contributed by atoms with E-state index < -0.39 is 0 Å². The molecule has 0 saturated carbocycles. The van der Waals surface area contributed by atoms with Crippen LogP contribution >= 0.6 is 0 Å². The predicted molar refractivity (Wildman–Crippen MR) is 110 cm³/mol. The summed E-state index contributed by atoms with van der Waals surface area (Å²) < 4.78 is 7.51. The lowest BCUT2D eigenvalue weighted by molar-refractivity contribution is 0.0652. The van der Waals surface area contributed by atoms with Gasteiger partial charge in [-0.3, -0.25) is 4.79 Å². The van der Waals surface area contributed by atoms with Gasteiger partial charge in [-0.1, -0.05) is 0 Å². The number of carbonyl (C=O) groups is 1. The van der Waals surface area contributed by atoms with E-state index in [1.807, 2.05) is 37.8 Å². The summed E-state index contributed by atoms with van der Waals surface area (Å²) in [5, 5.41) is 12.7. The maximum atomic E-state index is 12.8. The number of nitrogens with zero attached hydrogens (tertiary/aromatic N) is 7. The number of amides is 1. The third-order valence-electron chi connectivity index (χ3n) is 5.24. The number of ether oxygens (including phenoxy) is 1. The highest BCUT2D eigenvalue weighted by Crippen LogP contribution is 2.20. The number of carbonyl (C=O) groups excluding carboxylic acids is 1. The van der Waals surface area contributed by atoms with Gasteiger partial charge in [-0.2, -0.15) is 5.10 Å². The zero-order chi connectivity index (χ0) is 21.1. The third kappa shape index (κ3) is 4.45. The molecule has 3 aromatic heterocycles. The Hall–Kier alpha value is -3.36. The van der Waals surface area contributed by atoms with Gasteiger partial charge in [0, 0.05) is 30.5 Å². The smallest absolute Gasteiger partial charge is 0.274 e. The summed E-state index contributed by atoms with van der Waals surface area (Å²) in [6, 6.07) is 7.30. The molecule has 3 aromatic rings. The average molecular weight is 407 g/mol. The molecular formula is C21H25N7O2. The van der Waals surface area contributed by atoms with E-state index in [0.29, 0.717) is 43.0 Å². The average Bonchev–Trinajstić information content (AvgIpc) is 3.10. The molecule has 0 unspecified atom stereocenters. The van der Waals surface area contributed by atoms with E-state index in [2.05, 4.69) is 25.3 Å². The Morgan fingerprint density at radius 1 is 1.07 bits per heavy atom. The molecule has 0 bridgehead atoms. The second-order valence-electron chi connectivity index (χ2n) is 7.66. The van der Waals surface area contributed by atoms with Crippen molar-refractivity contribution >= 4 is 5.91 Å². The van der Waals surface area contributed by atoms with Gasteiger partial charge in [0.05, 0.1) is 12.3 Å². The van der Waals surface area contributed by atoms with Crippen molar-refractivity contribution in [1.29, 1.82) is 0 Å². The van der Waals surface area contributed by atoms with Crippen LogP contribution in [0.1, 0.15) is 40.4 Å². The molecule has 9 nitrogen and oxygen atoms in total. The summed E-state index contributed by atoms with van der Waals surface area (Å²) in [5.41, 5.74) is 3.12. The van der Waals surface area contributed by atoms with Crippen LogP contribution in [0.3, 0.4) is 0 Å². The number of piperidine rings is 1. The summed E-state index contributed by atoms with van der Waals surface area (Å²) in [6.45, 7) is 7.74. The second-order valence-corrected chi connectivity index (χ2v) is 7.66. The maximum Gasteiger partial charge on any atom is 0.274 e. The molecule has 1 saturated heterocycles. The minimum absolute atomic E-state index is 0.0896. The first-order valence-electron chi connectivity index (χ1n) is 10.1. The summed E-state index contributed by atoms with van der Waals surface area (Å²) in [5.74, 6) is 1.50. The lowest BCUT2D eigenvalue weighted by Crippen LogP contribution is -2.40. The molecule has 30 heavy (non-hydrogen) atoms. The van der Waals surface area contributed by atoms with Crippen LogP contribution in [0.4, 0.5) is 0 Å². The summed E-state index contributed by atoms with van der Waals surface area (Å²) in [6.07, 6.45) is 3.27. The van der Waals surface area contributed by atoms with Gasteiger partial charge in [-0.05, 0) is 57.7 Å². The van der Waals surface area contributed by atoms with Crippen LogP contribution in [0.2, 0.25) is 0 Å². The van der Waals surface area contributed by atoms with Crippen molar-refractivity contribution < 1.29 is 9.53 Å². The van der Waals surface area contributed by atoms with E-state index >= 15 is 0 Å². The molecule has 0 radical (unpaired) electrons. The van der Waals surface area contributed by atoms with E-state index in [1.165, 1.54) is 6.33 Å². The molecule has 0 N–H and O–H groups in total. The van der Waals surface area contributed by atoms with E-state index in [1.54, 1.807) is 16.8 Å². The SMILES string of the molecule is Cc1cc(OCC2CCN(C(=O)c3ccc(-n4nc(C)cc4C)nn3)CC2)ncn1. The van der Waals surface area contributed by atoms with Gasteiger partial charge in [0.1, 0.15) is 6.33 Å². The van der Waals surface area contributed by atoms with Crippen molar-refractivity contribution in [2.24, 2.45) is 5.92 Å². The molecule has 1 amide bonds. The van der Waals surface area contributed by atoms with Gasteiger partial charge < -0.3 is 9.64 Å². The highest BCUT2D eigenvalue weighted by atomic mass is 16.5. The van der Waals surface area contributed by atoms with Gasteiger partial charge in [-0.25, -0.2) is 14.6 Å². The molecule has 1 fully saturated rings. The van der Waals surface area contributed by atoms with Crippen molar-refractivity contribution in [3.05, 3.63) is 53.4 Å². The van der Waals surface area contributed by atoms with Gasteiger partial charge in [-0.15, -0.1) is 10.2 Å². The lowest BCUT2D eigenvalue weighted by Gasteiger charge is -2.31. The Labute approximate surface area is 175 Å². The Morgan fingerprint density at radius 2 is 1.87 bits per heavy atom. The molecule has 0 aliphatic carbocycles. The predicted octanol–water partition coefficient (Wildman–Crippen LogP) is 2.31. The van der Waals surface area contributed by atoms with Gasteiger partial charge in [0.25, 0.3) is 5.91 Å². The maximum absolute atomic E-state index is 12.8. The number of aromatic nitrogens is 6. The molecule has 0 spiro atoms. The Balaban J connectivity index is 1.31. The number of hydrogen-bond acceptors (Lipinski definition) is 7. The second kappa shape index (κ2) is 8.56.